The Hall–Kier alpha value is -1.12. The summed E-state index contributed by atoms with van der Waals surface area (Å²) in [7, 11) is -3.54. The number of nitrogens with one attached hydrogen (secondary N) is 2. The molecule has 1 saturated carbocycles. The highest BCUT2D eigenvalue weighted by atomic mass is 79.9. The Morgan fingerprint density at radius 1 is 1.25 bits per heavy atom. The van der Waals surface area contributed by atoms with Gasteiger partial charge in [-0.15, -0.1) is 11.3 Å². The van der Waals surface area contributed by atoms with Crippen LogP contribution >= 0.6 is 27.3 Å². The second kappa shape index (κ2) is 5.34. The van der Waals surface area contributed by atoms with Crippen LogP contribution in [-0.2, 0) is 10.0 Å². The van der Waals surface area contributed by atoms with Crippen LogP contribution in [0.15, 0.2) is 38.5 Å². The Bertz CT molecular complexity index is 709. The summed E-state index contributed by atoms with van der Waals surface area (Å²) in [5.41, 5.74) is 0.455. The summed E-state index contributed by atoms with van der Waals surface area (Å²) >= 11 is 4.42. The predicted molar refractivity (Wildman–Crippen MR) is 83.7 cm³/mol. The van der Waals surface area contributed by atoms with Crippen molar-refractivity contribution < 1.29 is 8.42 Å². The number of anilines is 2. The van der Waals surface area contributed by atoms with E-state index in [0.717, 1.165) is 9.60 Å². The van der Waals surface area contributed by atoms with Crippen LogP contribution < -0.4 is 10.0 Å². The maximum Gasteiger partial charge on any atom is 0.271 e. The molecular formula is C12H12BrN3O2S2. The number of rotatable bonds is 5. The lowest BCUT2D eigenvalue weighted by Gasteiger charge is -2.07. The molecule has 3 rings (SSSR count). The van der Waals surface area contributed by atoms with E-state index in [-0.39, 0.29) is 4.21 Å². The fourth-order valence-corrected chi connectivity index (χ4v) is 4.68. The molecule has 8 heteroatoms. The normalized spacial score (nSPS) is 15.1. The van der Waals surface area contributed by atoms with E-state index >= 15 is 0 Å². The molecule has 0 aliphatic heterocycles. The third kappa shape index (κ3) is 3.31. The standard InChI is InChI=1S/C12H12BrN3O2S2/c13-10-4-6-12(19-10)20(17,18)16-9-3-5-11(14-7-9)15-8-1-2-8/h3-8,16H,1-2H2,(H,14,15). The van der Waals surface area contributed by atoms with Crippen molar-refractivity contribution in [2.45, 2.75) is 23.1 Å². The number of nitrogens with zero attached hydrogens (tertiary/aromatic N) is 1. The smallest absolute Gasteiger partial charge is 0.271 e. The second-order valence-corrected chi connectivity index (χ2v) is 8.89. The van der Waals surface area contributed by atoms with Gasteiger partial charge < -0.3 is 5.32 Å². The molecule has 0 atom stereocenters. The molecule has 0 spiro atoms. The van der Waals surface area contributed by atoms with E-state index in [0.29, 0.717) is 11.7 Å². The highest BCUT2D eigenvalue weighted by molar-refractivity contribution is 9.11. The minimum absolute atomic E-state index is 0.268. The van der Waals surface area contributed by atoms with Crippen molar-refractivity contribution in [2.75, 3.05) is 10.0 Å². The summed E-state index contributed by atoms with van der Waals surface area (Å²) in [5.74, 6) is 0.773. The summed E-state index contributed by atoms with van der Waals surface area (Å²) in [4.78, 5) is 4.20. The van der Waals surface area contributed by atoms with Gasteiger partial charge in [-0.1, -0.05) is 0 Å². The molecule has 106 valence electrons. The molecule has 2 N–H and O–H groups in total. The molecule has 20 heavy (non-hydrogen) atoms. The first-order valence-corrected chi connectivity index (χ1v) is 9.13. The lowest BCUT2D eigenvalue weighted by Crippen LogP contribution is -2.12. The number of thiophene rings is 1. The molecule has 0 saturated heterocycles. The zero-order valence-electron chi connectivity index (χ0n) is 10.3. The van der Waals surface area contributed by atoms with Crippen molar-refractivity contribution in [3.8, 4) is 0 Å². The SMILES string of the molecule is O=S(=O)(Nc1ccc(NC2CC2)nc1)c1ccc(Br)s1. The maximum atomic E-state index is 12.1. The first-order chi connectivity index (χ1) is 9.53. The van der Waals surface area contributed by atoms with E-state index in [1.807, 2.05) is 0 Å². The van der Waals surface area contributed by atoms with E-state index in [1.54, 1.807) is 24.3 Å². The number of sulfonamides is 1. The van der Waals surface area contributed by atoms with E-state index in [1.165, 1.54) is 30.4 Å². The summed E-state index contributed by atoms with van der Waals surface area (Å²) < 4.78 is 27.8. The van der Waals surface area contributed by atoms with Crippen molar-refractivity contribution in [1.29, 1.82) is 0 Å². The molecule has 1 aliphatic carbocycles. The molecule has 0 bridgehead atoms. The van der Waals surface area contributed by atoms with Crippen LogP contribution in [0.25, 0.3) is 0 Å². The molecule has 0 aromatic carbocycles. The quantitative estimate of drug-likeness (QED) is 0.843. The van der Waals surface area contributed by atoms with Crippen LogP contribution in [0.3, 0.4) is 0 Å². The van der Waals surface area contributed by atoms with E-state index < -0.39 is 10.0 Å². The molecule has 1 aliphatic rings. The molecule has 2 aromatic rings. The predicted octanol–water partition coefficient (Wildman–Crippen LogP) is 3.28. The first-order valence-electron chi connectivity index (χ1n) is 6.04. The van der Waals surface area contributed by atoms with Crippen LogP contribution in [0.2, 0.25) is 0 Å². The van der Waals surface area contributed by atoms with Crippen molar-refractivity contribution in [3.05, 3.63) is 34.2 Å². The third-order valence-corrected chi connectivity index (χ3v) is 6.26. The van der Waals surface area contributed by atoms with Gasteiger partial charge >= 0.3 is 0 Å². The topological polar surface area (TPSA) is 71.1 Å². The maximum absolute atomic E-state index is 12.1. The zero-order valence-corrected chi connectivity index (χ0v) is 13.6. The molecule has 0 amide bonds. The average Bonchev–Trinajstić information content (AvgIpc) is 3.10. The second-order valence-electron chi connectivity index (χ2n) is 4.51. The molecule has 0 unspecified atom stereocenters. The molecule has 5 nitrogen and oxygen atoms in total. The van der Waals surface area contributed by atoms with Crippen LogP contribution in [-0.4, -0.2) is 19.4 Å². The van der Waals surface area contributed by atoms with Crippen LogP contribution in [0.5, 0.6) is 0 Å². The minimum Gasteiger partial charge on any atom is -0.367 e. The lowest BCUT2D eigenvalue weighted by molar-refractivity contribution is 0.603. The Morgan fingerprint density at radius 3 is 2.60 bits per heavy atom. The lowest BCUT2D eigenvalue weighted by atomic mass is 10.4. The summed E-state index contributed by atoms with van der Waals surface area (Å²) in [5, 5.41) is 3.25. The largest absolute Gasteiger partial charge is 0.367 e. The van der Waals surface area contributed by atoms with Gasteiger partial charge in [-0.2, -0.15) is 0 Å². The number of pyridine rings is 1. The highest BCUT2D eigenvalue weighted by Gasteiger charge is 2.21. The molecule has 0 radical (unpaired) electrons. The van der Waals surface area contributed by atoms with Crippen LogP contribution in [0.1, 0.15) is 12.8 Å². The summed E-state index contributed by atoms with van der Waals surface area (Å²) in [6.07, 6.45) is 3.86. The van der Waals surface area contributed by atoms with E-state index in [2.05, 4.69) is 31.0 Å². The Balaban J connectivity index is 1.73. The van der Waals surface area contributed by atoms with Gasteiger partial charge in [0, 0.05) is 6.04 Å². The van der Waals surface area contributed by atoms with Crippen LogP contribution in [0, 0.1) is 0 Å². The van der Waals surface area contributed by atoms with Gasteiger partial charge in [-0.3, -0.25) is 4.72 Å². The molecule has 2 heterocycles. The minimum atomic E-state index is -3.54. The van der Waals surface area contributed by atoms with Gasteiger partial charge in [0.1, 0.15) is 10.0 Å². The van der Waals surface area contributed by atoms with Crippen LogP contribution in [0.4, 0.5) is 11.5 Å². The zero-order chi connectivity index (χ0) is 14.2. The summed E-state index contributed by atoms with van der Waals surface area (Å²) in [6.45, 7) is 0. The third-order valence-electron chi connectivity index (χ3n) is 2.76. The van der Waals surface area contributed by atoms with Gasteiger partial charge in [0.05, 0.1) is 15.7 Å². The van der Waals surface area contributed by atoms with Gasteiger partial charge in [0.15, 0.2) is 0 Å². The fraction of sp³-hybridized carbons (Fsp3) is 0.250. The van der Waals surface area contributed by atoms with E-state index in [9.17, 15) is 8.42 Å². The highest BCUT2D eigenvalue weighted by Crippen LogP contribution is 2.28. The van der Waals surface area contributed by atoms with Crippen molar-refractivity contribution >= 4 is 48.8 Å². The number of hydrogen-bond donors (Lipinski definition) is 2. The van der Waals surface area contributed by atoms with Gasteiger partial charge in [0.25, 0.3) is 10.0 Å². The number of aromatic nitrogens is 1. The average molecular weight is 374 g/mol. The summed E-state index contributed by atoms with van der Waals surface area (Å²) in [6, 6.07) is 7.28. The Labute approximate surface area is 129 Å². The van der Waals surface area contributed by atoms with Crippen molar-refractivity contribution in [1.82, 2.24) is 4.98 Å². The van der Waals surface area contributed by atoms with Crippen molar-refractivity contribution in [2.24, 2.45) is 0 Å². The first kappa shape index (κ1) is 13.8. The van der Waals surface area contributed by atoms with Crippen molar-refractivity contribution in [3.63, 3.8) is 0 Å². The molecule has 1 fully saturated rings. The number of halogens is 1. The van der Waals surface area contributed by atoms with E-state index in [4.69, 9.17) is 0 Å². The fourth-order valence-electron chi connectivity index (χ4n) is 1.62. The van der Waals surface area contributed by atoms with Gasteiger partial charge in [-0.05, 0) is 53.0 Å². The van der Waals surface area contributed by atoms with Gasteiger partial charge in [0.2, 0.25) is 0 Å². The Kier molecular flexibility index (Phi) is 3.70. The monoisotopic (exact) mass is 373 g/mol. The van der Waals surface area contributed by atoms with Gasteiger partial charge in [-0.25, -0.2) is 13.4 Å². The Morgan fingerprint density at radius 2 is 2.05 bits per heavy atom. The molecular weight excluding hydrogens is 362 g/mol. The molecule has 2 aromatic heterocycles. The number of hydrogen-bond acceptors (Lipinski definition) is 5.